The summed E-state index contributed by atoms with van der Waals surface area (Å²) in [5.74, 6) is -1.70. The van der Waals surface area contributed by atoms with Gasteiger partial charge in [-0.1, -0.05) is 0 Å². The topological polar surface area (TPSA) is 63.6 Å². The Bertz CT molecular complexity index is 163. The number of carbonyl (C=O) groups excluding carboxylic acids is 2. The van der Waals surface area contributed by atoms with E-state index in [1.807, 2.05) is 0 Å². The molecule has 0 radical (unpaired) electrons. The number of carbonyl (C=O) groups is 2. The van der Waals surface area contributed by atoms with Gasteiger partial charge in [-0.25, -0.2) is 0 Å². The number of esters is 1. The van der Waals surface area contributed by atoms with Gasteiger partial charge < -0.3 is 9.84 Å². The highest BCUT2D eigenvalue weighted by Crippen LogP contribution is 1.87. The monoisotopic (exact) mass is 164 g/mol. The predicted molar refractivity (Wildman–Crippen MR) is 33.6 cm³/mol. The van der Waals surface area contributed by atoms with Crippen molar-refractivity contribution >= 4 is 23.9 Å². The maximum atomic E-state index is 10.2. The Kier molecular flexibility index (Phi) is 4.32. The molecule has 0 saturated heterocycles. The minimum atomic E-state index is -0.727. The molecule has 4 nitrogen and oxygen atoms in total. The number of halogens is 1. The molecule has 0 saturated carbocycles. The average Bonchev–Trinajstić information content (AvgIpc) is 1.99. The Labute approximate surface area is 62.0 Å². The first-order valence-electron chi connectivity index (χ1n) is 2.30. The van der Waals surface area contributed by atoms with Gasteiger partial charge in [-0.05, 0) is 0 Å². The third-order valence-corrected chi connectivity index (χ3v) is 0.759. The number of ether oxygens (including phenoxy) is 1. The van der Waals surface area contributed by atoms with Crippen molar-refractivity contribution in [1.82, 2.24) is 0 Å². The summed E-state index contributed by atoms with van der Waals surface area (Å²) < 4.78 is 4.13. The van der Waals surface area contributed by atoms with Gasteiger partial charge in [0.15, 0.2) is 12.0 Å². The molecule has 0 aromatic heterocycles. The first-order valence-corrected chi connectivity index (χ1v) is 2.84. The molecule has 0 fully saturated rings. The smallest absolute Gasteiger partial charge is 0.325 e. The predicted octanol–water partition coefficient (Wildman–Crippen LogP) is 0.367. The zero-order chi connectivity index (χ0) is 7.98. The lowest BCUT2D eigenvalue weighted by molar-refractivity contribution is -0.135. The molecule has 0 aliphatic carbocycles. The second kappa shape index (κ2) is 4.81. The zero-order valence-electron chi connectivity index (χ0n) is 4.91. The van der Waals surface area contributed by atoms with Crippen LogP contribution in [0.15, 0.2) is 12.0 Å². The third-order valence-electron chi connectivity index (χ3n) is 0.541. The quantitative estimate of drug-likeness (QED) is 0.215. The van der Waals surface area contributed by atoms with Crippen LogP contribution in [0.1, 0.15) is 0 Å². The van der Waals surface area contributed by atoms with Crippen molar-refractivity contribution in [1.29, 1.82) is 0 Å². The van der Waals surface area contributed by atoms with E-state index in [0.717, 1.165) is 0 Å². The fourth-order valence-electron chi connectivity index (χ4n) is 0.185. The van der Waals surface area contributed by atoms with Gasteiger partial charge in [-0.15, -0.1) is 11.6 Å². The van der Waals surface area contributed by atoms with Gasteiger partial charge in [-0.2, -0.15) is 0 Å². The molecule has 56 valence electrons. The third kappa shape index (κ3) is 3.91. The number of alkyl halides is 1. The number of aliphatic hydroxyl groups is 1. The van der Waals surface area contributed by atoms with Crippen LogP contribution in [0.2, 0.25) is 0 Å². The first kappa shape index (κ1) is 8.97. The maximum Gasteiger partial charge on any atom is 0.325 e. The van der Waals surface area contributed by atoms with Crippen molar-refractivity contribution in [3.8, 4) is 0 Å². The molecule has 0 aromatic rings. The average molecular weight is 165 g/mol. The van der Waals surface area contributed by atoms with Gasteiger partial charge in [0.25, 0.3) is 0 Å². The van der Waals surface area contributed by atoms with Gasteiger partial charge in [0.1, 0.15) is 12.1 Å². The summed E-state index contributed by atoms with van der Waals surface area (Å²) in [6.07, 6.45) is 0.763. The van der Waals surface area contributed by atoms with Crippen molar-refractivity contribution in [3.63, 3.8) is 0 Å². The van der Waals surface area contributed by atoms with Crippen LogP contribution in [0.25, 0.3) is 0 Å². The lowest BCUT2D eigenvalue weighted by Gasteiger charge is -1.91. The molecule has 0 unspecified atom stereocenters. The van der Waals surface area contributed by atoms with Crippen molar-refractivity contribution in [3.05, 3.63) is 12.0 Å². The van der Waals surface area contributed by atoms with E-state index in [1.54, 1.807) is 0 Å². The summed E-state index contributed by atoms with van der Waals surface area (Å²) in [6.45, 7) is 0. The minimum absolute atomic E-state index is 0.140. The Morgan fingerprint density at radius 2 is 2.30 bits per heavy atom. The van der Waals surface area contributed by atoms with Crippen LogP contribution in [0.4, 0.5) is 0 Å². The molecule has 0 aliphatic rings. The number of aliphatic hydroxyl groups excluding tert-OH is 1. The van der Waals surface area contributed by atoms with Crippen LogP contribution >= 0.6 is 11.6 Å². The molecule has 0 amide bonds. The minimum Gasteiger partial charge on any atom is -0.502 e. The maximum absolute atomic E-state index is 10.2. The second-order valence-corrected chi connectivity index (χ2v) is 1.55. The first-order chi connectivity index (χ1) is 4.70. The summed E-state index contributed by atoms with van der Waals surface area (Å²) >= 11 is 5.00. The Morgan fingerprint density at radius 3 is 2.70 bits per heavy atom. The Morgan fingerprint density at radius 1 is 1.70 bits per heavy atom. The molecule has 0 bridgehead atoms. The molecule has 1 N–H and O–H groups in total. The molecular weight excluding hydrogens is 160 g/mol. The molecule has 0 aliphatic heterocycles. The van der Waals surface area contributed by atoms with E-state index in [0.29, 0.717) is 6.26 Å². The number of hydrogen-bond acceptors (Lipinski definition) is 4. The highest BCUT2D eigenvalue weighted by Gasteiger charge is 1.96. The summed E-state index contributed by atoms with van der Waals surface area (Å²) in [6, 6.07) is 0. The van der Waals surface area contributed by atoms with E-state index in [-0.39, 0.29) is 12.2 Å². The molecule has 0 heterocycles. The van der Waals surface area contributed by atoms with E-state index in [9.17, 15) is 9.59 Å². The normalized spacial score (nSPS) is 10.7. The van der Waals surface area contributed by atoms with Gasteiger partial charge in [0.05, 0.1) is 0 Å². The Hall–Kier alpha value is -1.03. The summed E-state index contributed by atoms with van der Waals surface area (Å²) in [5.41, 5.74) is 0. The van der Waals surface area contributed by atoms with Gasteiger partial charge in [0.2, 0.25) is 0 Å². The summed E-state index contributed by atoms with van der Waals surface area (Å²) in [7, 11) is 0. The Balaban J connectivity index is 3.71. The van der Waals surface area contributed by atoms with Crippen molar-refractivity contribution < 1.29 is 19.4 Å². The van der Waals surface area contributed by atoms with Gasteiger partial charge in [-0.3, -0.25) is 9.59 Å². The molecule has 0 atom stereocenters. The summed E-state index contributed by atoms with van der Waals surface area (Å²) in [5, 5.41) is 8.38. The van der Waals surface area contributed by atoms with Crippen LogP contribution in [0, 0.1) is 0 Å². The second-order valence-electron chi connectivity index (χ2n) is 1.28. The van der Waals surface area contributed by atoms with Gasteiger partial charge in [0, 0.05) is 0 Å². The van der Waals surface area contributed by atoms with Crippen molar-refractivity contribution in [2.45, 2.75) is 0 Å². The lowest BCUT2D eigenvalue weighted by atomic mass is 10.6. The largest absolute Gasteiger partial charge is 0.502 e. The fraction of sp³-hybridized carbons (Fsp3) is 0.200. The number of hydrogen-bond donors (Lipinski definition) is 1. The van der Waals surface area contributed by atoms with Crippen LogP contribution < -0.4 is 0 Å². The molecular formula is C5H5ClO4. The molecule has 0 rings (SSSR count). The van der Waals surface area contributed by atoms with E-state index in [2.05, 4.69) is 4.74 Å². The summed E-state index contributed by atoms with van der Waals surface area (Å²) in [4.78, 5) is 19.9. The molecule has 5 heteroatoms. The van der Waals surface area contributed by atoms with Crippen LogP contribution in [-0.2, 0) is 14.3 Å². The van der Waals surface area contributed by atoms with Crippen LogP contribution in [0.5, 0.6) is 0 Å². The number of rotatable bonds is 3. The van der Waals surface area contributed by atoms with Crippen LogP contribution in [0.3, 0.4) is 0 Å². The van der Waals surface area contributed by atoms with Crippen LogP contribution in [-0.4, -0.2) is 23.2 Å². The number of allylic oxidation sites excluding steroid dienone is 1. The highest BCUT2D eigenvalue weighted by molar-refractivity contribution is 6.26. The zero-order valence-corrected chi connectivity index (χ0v) is 5.67. The van der Waals surface area contributed by atoms with Crippen molar-refractivity contribution in [2.75, 3.05) is 5.88 Å². The SMILES string of the molecule is O=C/C(O)=C/OC(=O)CCl. The van der Waals surface area contributed by atoms with E-state index in [4.69, 9.17) is 16.7 Å². The standard InChI is InChI=1S/C5H5ClO4/c6-1-5(9)10-3-4(8)2-7/h2-3,8H,1H2/b4-3-. The number of aldehydes is 1. The molecule has 10 heavy (non-hydrogen) atoms. The van der Waals surface area contributed by atoms with E-state index in [1.165, 1.54) is 0 Å². The molecule has 0 aromatic carbocycles. The van der Waals surface area contributed by atoms with E-state index < -0.39 is 11.7 Å². The molecule has 0 spiro atoms. The van der Waals surface area contributed by atoms with Crippen molar-refractivity contribution in [2.24, 2.45) is 0 Å². The van der Waals surface area contributed by atoms with Gasteiger partial charge >= 0.3 is 5.97 Å². The lowest BCUT2D eigenvalue weighted by Crippen LogP contribution is -2.01. The fourth-order valence-corrected chi connectivity index (χ4v) is 0.248. The highest BCUT2D eigenvalue weighted by atomic mass is 35.5. The van der Waals surface area contributed by atoms with E-state index >= 15 is 0 Å².